The molecular weight excluding hydrogens is 364 g/mol. The van der Waals surface area contributed by atoms with Gasteiger partial charge in [0.1, 0.15) is 0 Å². The van der Waals surface area contributed by atoms with Crippen molar-refractivity contribution >= 4 is 44.2 Å². The van der Waals surface area contributed by atoms with E-state index in [0.29, 0.717) is 0 Å². The van der Waals surface area contributed by atoms with E-state index in [1.54, 1.807) is 11.3 Å². The van der Waals surface area contributed by atoms with Gasteiger partial charge in [-0.1, -0.05) is 24.2 Å². The lowest BCUT2D eigenvalue weighted by Crippen LogP contribution is -2.36. The van der Waals surface area contributed by atoms with Crippen LogP contribution in [0.5, 0.6) is 0 Å². The van der Waals surface area contributed by atoms with Gasteiger partial charge in [-0.3, -0.25) is 9.59 Å². The van der Waals surface area contributed by atoms with Crippen molar-refractivity contribution < 1.29 is 14.3 Å². The van der Waals surface area contributed by atoms with Crippen LogP contribution in [0.4, 0.5) is 10.8 Å². The Kier molecular flexibility index (Phi) is 5.54. The SMILES string of the molecule is O=C(CNC(=O)C1CCCC1)Nc1ccc2nc(N3CCOCC3)sc2c1. The highest BCUT2D eigenvalue weighted by Gasteiger charge is 2.22. The zero-order chi connectivity index (χ0) is 18.6. The normalized spacial score (nSPS) is 18.0. The van der Waals surface area contributed by atoms with Crippen molar-refractivity contribution in [2.45, 2.75) is 25.7 Å². The maximum absolute atomic E-state index is 12.2. The molecule has 0 radical (unpaired) electrons. The standard InChI is InChI=1S/C19H24N4O3S/c24-17(12-20-18(25)13-3-1-2-4-13)21-14-5-6-15-16(11-14)27-19(22-15)23-7-9-26-10-8-23/h5-6,11,13H,1-4,7-10,12H2,(H,20,25)(H,21,24). The molecule has 8 heteroatoms. The molecule has 1 aromatic carbocycles. The highest BCUT2D eigenvalue weighted by atomic mass is 32.1. The van der Waals surface area contributed by atoms with E-state index in [1.165, 1.54) is 0 Å². The second-order valence-electron chi connectivity index (χ2n) is 7.03. The average Bonchev–Trinajstić information content (AvgIpc) is 3.36. The Morgan fingerprint density at radius 1 is 1.22 bits per heavy atom. The van der Waals surface area contributed by atoms with Crippen LogP contribution < -0.4 is 15.5 Å². The van der Waals surface area contributed by atoms with Crippen LogP contribution in [0.2, 0.25) is 0 Å². The van der Waals surface area contributed by atoms with Gasteiger partial charge in [0.15, 0.2) is 5.13 Å². The van der Waals surface area contributed by atoms with E-state index in [0.717, 1.165) is 73.0 Å². The van der Waals surface area contributed by atoms with Gasteiger partial charge in [0.2, 0.25) is 11.8 Å². The molecule has 2 amide bonds. The summed E-state index contributed by atoms with van der Waals surface area (Å²) in [7, 11) is 0. The number of rotatable bonds is 5. The number of carbonyl (C=O) groups is 2. The third-order valence-electron chi connectivity index (χ3n) is 5.09. The molecule has 1 aromatic heterocycles. The van der Waals surface area contributed by atoms with Gasteiger partial charge in [-0.15, -0.1) is 0 Å². The lowest BCUT2D eigenvalue weighted by molar-refractivity contribution is -0.127. The fraction of sp³-hybridized carbons (Fsp3) is 0.526. The molecule has 2 heterocycles. The number of ether oxygens (including phenoxy) is 1. The molecule has 0 spiro atoms. The van der Waals surface area contributed by atoms with E-state index in [9.17, 15) is 9.59 Å². The minimum absolute atomic E-state index is 0.00397. The predicted molar refractivity (Wildman–Crippen MR) is 106 cm³/mol. The Morgan fingerprint density at radius 2 is 2.00 bits per heavy atom. The van der Waals surface area contributed by atoms with Crippen molar-refractivity contribution in [1.29, 1.82) is 0 Å². The first-order chi connectivity index (χ1) is 13.2. The van der Waals surface area contributed by atoms with Gasteiger partial charge in [-0.25, -0.2) is 4.98 Å². The molecular formula is C19H24N4O3S. The lowest BCUT2D eigenvalue weighted by Gasteiger charge is -2.25. The van der Waals surface area contributed by atoms with Crippen LogP contribution in [0.25, 0.3) is 10.2 Å². The van der Waals surface area contributed by atoms with Crippen molar-refractivity contribution in [1.82, 2.24) is 10.3 Å². The molecule has 4 rings (SSSR count). The number of thiazole rings is 1. The maximum Gasteiger partial charge on any atom is 0.243 e. The lowest BCUT2D eigenvalue weighted by atomic mass is 10.1. The van der Waals surface area contributed by atoms with Gasteiger partial charge >= 0.3 is 0 Å². The first-order valence-corrected chi connectivity index (χ1v) is 10.3. The first-order valence-electron chi connectivity index (χ1n) is 9.50. The number of nitrogens with one attached hydrogen (secondary N) is 2. The van der Waals surface area contributed by atoms with Crippen LogP contribution in [0.15, 0.2) is 18.2 Å². The number of hydrogen-bond acceptors (Lipinski definition) is 6. The Balaban J connectivity index is 1.35. The zero-order valence-corrected chi connectivity index (χ0v) is 16.0. The van der Waals surface area contributed by atoms with Crippen LogP contribution in [-0.4, -0.2) is 49.6 Å². The summed E-state index contributed by atoms with van der Waals surface area (Å²) in [5.41, 5.74) is 1.65. The molecule has 2 N–H and O–H groups in total. The molecule has 7 nitrogen and oxygen atoms in total. The van der Waals surface area contributed by atoms with Crippen LogP contribution >= 0.6 is 11.3 Å². The number of morpholine rings is 1. The number of fused-ring (bicyclic) bond motifs is 1. The van der Waals surface area contributed by atoms with Gasteiger partial charge in [-0.2, -0.15) is 0 Å². The monoisotopic (exact) mass is 388 g/mol. The van der Waals surface area contributed by atoms with Crippen LogP contribution in [0, 0.1) is 5.92 Å². The number of hydrogen-bond donors (Lipinski definition) is 2. The summed E-state index contributed by atoms with van der Waals surface area (Å²) >= 11 is 1.62. The molecule has 1 aliphatic heterocycles. The summed E-state index contributed by atoms with van der Waals surface area (Å²) in [6.45, 7) is 3.16. The second-order valence-corrected chi connectivity index (χ2v) is 8.03. The number of nitrogens with zero attached hydrogens (tertiary/aromatic N) is 2. The van der Waals surface area contributed by atoms with Crippen molar-refractivity contribution in [3.05, 3.63) is 18.2 Å². The van der Waals surface area contributed by atoms with Crippen LogP contribution in [0.1, 0.15) is 25.7 Å². The summed E-state index contributed by atoms with van der Waals surface area (Å²) < 4.78 is 6.42. The van der Waals surface area contributed by atoms with E-state index >= 15 is 0 Å². The summed E-state index contributed by atoms with van der Waals surface area (Å²) in [4.78, 5) is 31.1. The molecule has 27 heavy (non-hydrogen) atoms. The summed E-state index contributed by atoms with van der Waals surface area (Å²) in [6.07, 6.45) is 4.07. The molecule has 2 aromatic rings. The smallest absolute Gasteiger partial charge is 0.243 e. The quantitative estimate of drug-likeness (QED) is 0.822. The van der Waals surface area contributed by atoms with Gasteiger partial charge in [0.25, 0.3) is 0 Å². The highest BCUT2D eigenvalue weighted by Crippen LogP contribution is 2.31. The Bertz CT molecular complexity index is 825. The van der Waals surface area contributed by atoms with Crippen molar-refractivity contribution in [2.24, 2.45) is 5.92 Å². The third-order valence-corrected chi connectivity index (χ3v) is 6.17. The first kappa shape index (κ1) is 18.2. The maximum atomic E-state index is 12.2. The molecule has 1 saturated carbocycles. The fourth-order valence-electron chi connectivity index (χ4n) is 3.59. The summed E-state index contributed by atoms with van der Waals surface area (Å²) in [6, 6.07) is 5.71. The van der Waals surface area contributed by atoms with E-state index < -0.39 is 0 Å². The number of benzene rings is 1. The largest absolute Gasteiger partial charge is 0.378 e. The predicted octanol–water partition coefficient (Wildman–Crippen LogP) is 2.38. The zero-order valence-electron chi connectivity index (χ0n) is 15.2. The molecule has 2 aliphatic rings. The van der Waals surface area contributed by atoms with Gasteiger partial charge < -0.3 is 20.3 Å². The number of carbonyl (C=O) groups excluding carboxylic acids is 2. The Labute approximate surface area is 162 Å². The average molecular weight is 388 g/mol. The Hall–Kier alpha value is -2.19. The minimum Gasteiger partial charge on any atom is -0.378 e. The second kappa shape index (κ2) is 8.22. The van der Waals surface area contributed by atoms with Crippen LogP contribution in [-0.2, 0) is 14.3 Å². The van der Waals surface area contributed by atoms with E-state index in [1.807, 2.05) is 18.2 Å². The van der Waals surface area contributed by atoms with Crippen molar-refractivity contribution in [3.63, 3.8) is 0 Å². The number of aromatic nitrogens is 1. The third kappa shape index (κ3) is 4.39. The molecule has 1 saturated heterocycles. The number of amides is 2. The van der Waals surface area contributed by atoms with Crippen molar-refractivity contribution in [2.75, 3.05) is 43.1 Å². The molecule has 144 valence electrons. The van der Waals surface area contributed by atoms with Gasteiger partial charge in [0, 0.05) is 24.7 Å². The van der Waals surface area contributed by atoms with E-state index in [2.05, 4.69) is 20.5 Å². The highest BCUT2D eigenvalue weighted by molar-refractivity contribution is 7.22. The Morgan fingerprint density at radius 3 is 2.78 bits per heavy atom. The molecule has 2 fully saturated rings. The summed E-state index contributed by atoms with van der Waals surface area (Å²) in [5.74, 6) is -0.140. The molecule has 0 bridgehead atoms. The fourth-order valence-corrected chi connectivity index (χ4v) is 4.64. The molecule has 1 aliphatic carbocycles. The molecule has 0 atom stereocenters. The minimum atomic E-state index is -0.210. The van der Waals surface area contributed by atoms with Crippen LogP contribution in [0.3, 0.4) is 0 Å². The van der Waals surface area contributed by atoms with Gasteiger partial charge in [0.05, 0.1) is 30.0 Å². The number of anilines is 2. The van der Waals surface area contributed by atoms with E-state index in [-0.39, 0.29) is 24.3 Å². The summed E-state index contributed by atoms with van der Waals surface area (Å²) in [5, 5.41) is 6.60. The topological polar surface area (TPSA) is 83.6 Å². The van der Waals surface area contributed by atoms with E-state index in [4.69, 9.17) is 4.74 Å². The van der Waals surface area contributed by atoms with Crippen molar-refractivity contribution in [3.8, 4) is 0 Å². The van der Waals surface area contributed by atoms with Gasteiger partial charge in [-0.05, 0) is 31.0 Å². The molecule has 0 unspecified atom stereocenters.